The Balaban J connectivity index is 2.72. The van der Waals surface area contributed by atoms with Crippen molar-refractivity contribution in [3.05, 3.63) is 33.8 Å². The Morgan fingerprint density at radius 3 is 2.47 bits per heavy atom. The van der Waals surface area contributed by atoms with Crippen LogP contribution in [0.15, 0.2) is 18.2 Å². The van der Waals surface area contributed by atoms with Gasteiger partial charge >= 0.3 is 0 Å². The molecule has 0 radical (unpaired) electrons. The fourth-order valence-corrected chi connectivity index (χ4v) is 2.19. The number of rotatable bonds is 6. The molecular formula is C14H18Cl2O. The van der Waals surface area contributed by atoms with Gasteiger partial charge in [-0.15, -0.1) is 0 Å². The van der Waals surface area contributed by atoms with E-state index in [2.05, 4.69) is 6.92 Å². The SMILES string of the molecule is CCC(=O)CCC(CC)c1ccc(Cl)c(Cl)c1. The maximum atomic E-state index is 11.3. The first-order chi connectivity index (χ1) is 8.08. The van der Waals surface area contributed by atoms with Crippen LogP contribution in [0.1, 0.15) is 51.0 Å². The van der Waals surface area contributed by atoms with Crippen LogP contribution in [-0.2, 0) is 4.79 Å². The van der Waals surface area contributed by atoms with Gasteiger partial charge in [0.15, 0.2) is 0 Å². The predicted octanol–water partition coefficient (Wildman–Crippen LogP) is 5.25. The lowest BCUT2D eigenvalue weighted by Crippen LogP contribution is -2.02. The third kappa shape index (κ3) is 4.33. The smallest absolute Gasteiger partial charge is 0.132 e. The van der Waals surface area contributed by atoms with Gasteiger partial charge in [0.25, 0.3) is 0 Å². The lowest BCUT2D eigenvalue weighted by Gasteiger charge is -2.15. The van der Waals surface area contributed by atoms with E-state index in [0.717, 1.165) is 12.8 Å². The Morgan fingerprint density at radius 1 is 1.24 bits per heavy atom. The fourth-order valence-electron chi connectivity index (χ4n) is 1.88. The fraction of sp³-hybridized carbons (Fsp3) is 0.500. The summed E-state index contributed by atoms with van der Waals surface area (Å²) in [6.45, 7) is 4.03. The highest BCUT2D eigenvalue weighted by atomic mass is 35.5. The molecule has 0 saturated heterocycles. The van der Waals surface area contributed by atoms with Gasteiger partial charge in [-0.25, -0.2) is 0 Å². The minimum absolute atomic E-state index is 0.323. The van der Waals surface area contributed by atoms with E-state index in [1.165, 1.54) is 5.56 Å². The summed E-state index contributed by atoms with van der Waals surface area (Å²) in [5, 5.41) is 1.17. The standard InChI is InChI=1S/C14H18Cl2O/c1-3-10(5-7-12(17)4-2)11-6-8-13(15)14(16)9-11/h6,8-10H,3-5,7H2,1-2H3. The molecular weight excluding hydrogens is 255 g/mol. The molecule has 0 aliphatic heterocycles. The molecule has 17 heavy (non-hydrogen) atoms. The van der Waals surface area contributed by atoms with E-state index in [1.54, 1.807) is 0 Å². The Hall–Kier alpha value is -0.530. The minimum atomic E-state index is 0.323. The number of carbonyl (C=O) groups is 1. The minimum Gasteiger partial charge on any atom is -0.300 e. The number of Topliss-reactive ketones (excluding diaryl/α,β-unsaturated/α-hetero) is 1. The van der Waals surface area contributed by atoms with Crippen LogP contribution >= 0.6 is 23.2 Å². The number of halogens is 2. The molecule has 1 atom stereocenters. The summed E-state index contributed by atoms with van der Waals surface area (Å²) in [7, 11) is 0. The lowest BCUT2D eigenvalue weighted by atomic mass is 9.91. The van der Waals surface area contributed by atoms with E-state index >= 15 is 0 Å². The Bertz CT molecular complexity index is 388. The van der Waals surface area contributed by atoms with Gasteiger partial charge in [0.1, 0.15) is 5.78 Å². The number of hydrogen-bond acceptors (Lipinski definition) is 1. The largest absolute Gasteiger partial charge is 0.300 e. The Labute approximate surface area is 113 Å². The summed E-state index contributed by atoms with van der Waals surface area (Å²) in [4.78, 5) is 11.3. The van der Waals surface area contributed by atoms with Crippen molar-refractivity contribution in [2.75, 3.05) is 0 Å². The normalized spacial score (nSPS) is 12.5. The highest BCUT2D eigenvalue weighted by molar-refractivity contribution is 6.42. The maximum Gasteiger partial charge on any atom is 0.132 e. The zero-order valence-corrected chi connectivity index (χ0v) is 11.8. The molecule has 0 amide bonds. The first-order valence-corrected chi connectivity index (χ1v) is 6.80. The number of hydrogen-bond donors (Lipinski definition) is 0. The van der Waals surface area contributed by atoms with Gasteiger partial charge in [-0.3, -0.25) is 4.79 Å². The van der Waals surface area contributed by atoms with Gasteiger partial charge in [0.05, 0.1) is 10.0 Å². The summed E-state index contributed by atoms with van der Waals surface area (Å²) in [5.74, 6) is 0.712. The molecule has 0 spiro atoms. The van der Waals surface area contributed by atoms with Gasteiger partial charge in [-0.2, -0.15) is 0 Å². The van der Waals surface area contributed by atoms with E-state index < -0.39 is 0 Å². The second kappa shape index (κ2) is 7.03. The molecule has 1 aromatic carbocycles. The van der Waals surface area contributed by atoms with E-state index in [1.807, 2.05) is 25.1 Å². The third-order valence-corrected chi connectivity index (χ3v) is 3.81. The molecule has 1 rings (SSSR count). The van der Waals surface area contributed by atoms with Crippen molar-refractivity contribution >= 4 is 29.0 Å². The summed E-state index contributed by atoms with van der Waals surface area (Å²) in [6, 6.07) is 5.73. The second-order valence-electron chi connectivity index (χ2n) is 4.21. The molecule has 0 fully saturated rings. The molecule has 94 valence electrons. The van der Waals surface area contributed by atoms with Crippen molar-refractivity contribution in [2.45, 2.75) is 45.4 Å². The predicted molar refractivity (Wildman–Crippen MR) is 74.0 cm³/mol. The van der Waals surface area contributed by atoms with Crippen LogP contribution in [0.4, 0.5) is 0 Å². The van der Waals surface area contributed by atoms with E-state index in [9.17, 15) is 4.79 Å². The molecule has 0 aromatic heterocycles. The average Bonchev–Trinajstić information content (AvgIpc) is 2.33. The quantitative estimate of drug-likeness (QED) is 0.692. The van der Waals surface area contributed by atoms with Crippen LogP contribution in [0.25, 0.3) is 0 Å². The zero-order chi connectivity index (χ0) is 12.8. The number of carbonyl (C=O) groups excluding carboxylic acids is 1. The third-order valence-electron chi connectivity index (χ3n) is 3.07. The van der Waals surface area contributed by atoms with Gasteiger partial charge in [-0.1, -0.05) is 43.1 Å². The second-order valence-corrected chi connectivity index (χ2v) is 5.02. The molecule has 0 saturated carbocycles. The summed E-state index contributed by atoms with van der Waals surface area (Å²) < 4.78 is 0. The van der Waals surface area contributed by atoms with Crippen LogP contribution in [0.5, 0.6) is 0 Å². The van der Waals surface area contributed by atoms with Crippen molar-refractivity contribution < 1.29 is 4.79 Å². The summed E-state index contributed by atoms with van der Waals surface area (Å²) >= 11 is 11.9. The van der Waals surface area contributed by atoms with E-state index in [-0.39, 0.29) is 0 Å². The summed E-state index contributed by atoms with van der Waals surface area (Å²) in [6.07, 6.45) is 3.17. The van der Waals surface area contributed by atoms with Crippen LogP contribution in [-0.4, -0.2) is 5.78 Å². The topological polar surface area (TPSA) is 17.1 Å². The van der Waals surface area contributed by atoms with Crippen molar-refractivity contribution in [1.29, 1.82) is 0 Å². The maximum absolute atomic E-state index is 11.3. The number of benzene rings is 1. The van der Waals surface area contributed by atoms with Crippen molar-refractivity contribution in [3.8, 4) is 0 Å². The number of ketones is 1. The average molecular weight is 273 g/mol. The summed E-state index contributed by atoms with van der Waals surface area (Å²) in [5.41, 5.74) is 1.17. The van der Waals surface area contributed by atoms with Crippen molar-refractivity contribution in [1.82, 2.24) is 0 Å². The molecule has 0 heterocycles. The lowest BCUT2D eigenvalue weighted by molar-refractivity contribution is -0.118. The first kappa shape index (κ1) is 14.5. The van der Waals surface area contributed by atoms with E-state index in [0.29, 0.717) is 34.6 Å². The van der Waals surface area contributed by atoms with Crippen LogP contribution in [0.2, 0.25) is 10.0 Å². The van der Waals surface area contributed by atoms with Crippen molar-refractivity contribution in [2.24, 2.45) is 0 Å². The molecule has 1 nitrogen and oxygen atoms in total. The molecule has 1 aromatic rings. The van der Waals surface area contributed by atoms with Gasteiger partial charge < -0.3 is 0 Å². The molecule has 3 heteroatoms. The van der Waals surface area contributed by atoms with Crippen LogP contribution in [0, 0.1) is 0 Å². The monoisotopic (exact) mass is 272 g/mol. The molecule has 0 aliphatic carbocycles. The van der Waals surface area contributed by atoms with Gasteiger partial charge in [-0.05, 0) is 36.5 Å². The van der Waals surface area contributed by atoms with Gasteiger partial charge in [0, 0.05) is 12.8 Å². The van der Waals surface area contributed by atoms with E-state index in [4.69, 9.17) is 23.2 Å². The van der Waals surface area contributed by atoms with Crippen LogP contribution < -0.4 is 0 Å². The van der Waals surface area contributed by atoms with Gasteiger partial charge in [0.2, 0.25) is 0 Å². The zero-order valence-electron chi connectivity index (χ0n) is 10.3. The molecule has 0 bridgehead atoms. The molecule has 0 N–H and O–H groups in total. The molecule has 1 unspecified atom stereocenters. The van der Waals surface area contributed by atoms with Crippen molar-refractivity contribution in [3.63, 3.8) is 0 Å². The Kier molecular flexibility index (Phi) is 6.01. The molecule has 0 aliphatic rings. The van der Waals surface area contributed by atoms with Crippen LogP contribution in [0.3, 0.4) is 0 Å². The highest BCUT2D eigenvalue weighted by Crippen LogP contribution is 2.30. The first-order valence-electron chi connectivity index (χ1n) is 6.05. The Morgan fingerprint density at radius 2 is 1.94 bits per heavy atom. The highest BCUT2D eigenvalue weighted by Gasteiger charge is 2.12.